The lowest BCUT2D eigenvalue weighted by atomic mass is 9.93. The summed E-state index contributed by atoms with van der Waals surface area (Å²) >= 11 is 0. The smallest absolute Gasteiger partial charge is 0.337 e. The molecule has 0 amide bonds. The summed E-state index contributed by atoms with van der Waals surface area (Å²) in [4.78, 5) is 24.5. The third-order valence-electron chi connectivity index (χ3n) is 9.05. The summed E-state index contributed by atoms with van der Waals surface area (Å²) < 4.78 is 19.1. The van der Waals surface area contributed by atoms with Crippen molar-refractivity contribution < 1.29 is 19.0 Å². The van der Waals surface area contributed by atoms with Crippen molar-refractivity contribution in [2.75, 3.05) is 26.8 Å². The zero-order valence-corrected chi connectivity index (χ0v) is 25.3. The largest absolute Gasteiger partial charge is 0.473 e. The van der Waals surface area contributed by atoms with E-state index < -0.39 is 0 Å². The average molecular weight is 602 g/mol. The minimum absolute atomic E-state index is 0.171. The second kappa shape index (κ2) is 12.7. The third-order valence-corrected chi connectivity index (χ3v) is 9.05. The fraction of sp³-hybridized carbons (Fsp3) is 0.333. The molecule has 4 heterocycles. The first kappa shape index (κ1) is 29.0. The molecule has 2 fully saturated rings. The molecule has 0 aliphatic carbocycles. The monoisotopic (exact) mass is 601 g/mol. The number of nitriles is 1. The Morgan fingerprint density at radius 1 is 1.00 bits per heavy atom. The van der Waals surface area contributed by atoms with Gasteiger partial charge in [0.15, 0.2) is 0 Å². The van der Waals surface area contributed by atoms with Crippen molar-refractivity contribution in [3.05, 3.63) is 101 Å². The Hall–Kier alpha value is -4.78. The second-order valence-corrected chi connectivity index (χ2v) is 11.8. The maximum atomic E-state index is 12.2. The summed E-state index contributed by atoms with van der Waals surface area (Å²) in [5.41, 5.74) is 5.09. The number of ether oxygens (including phenoxy) is 3. The highest BCUT2D eigenvalue weighted by molar-refractivity contribution is 5.94. The summed E-state index contributed by atoms with van der Waals surface area (Å²) in [6.07, 6.45) is 3.19. The van der Waals surface area contributed by atoms with Crippen LogP contribution in [0.25, 0.3) is 21.8 Å². The maximum absolute atomic E-state index is 12.2. The number of likely N-dealkylation sites (tertiary alicyclic amines) is 1. The van der Waals surface area contributed by atoms with Gasteiger partial charge in [-0.1, -0.05) is 36.4 Å². The van der Waals surface area contributed by atoms with Crippen LogP contribution in [-0.4, -0.2) is 58.3 Å². The van der Waals surface area contributed by atoms with E-state index in [2.05, 4.69) is 21.6 Å². The van der Waals surface area contributed by atoms with Gasteiger partial charge in [0.05, 0.1) is 54.5 Å². The Morgan fingerprint density at radius 2 is 1.82 bits per heavy atom. The van der Waals surface area contributed by atoms with E-state index in [0.29, 0.717) is 29.5 Å². The van der Waals surface area contributed by atoms with Gasteiger partial charge in [-0.15, -0.1) is 0 Å². The zero-order chi connectivity index (χ0) is 30.8. The van der Waals surface area contributed by atoms with Gasteiger partial charge in [-0.05, 0) is 79.0 Å². The Balaban J connectivity index is 1.02. The van der Waals surface area contributed by atoms with E-state index in [-0.39, 0.29) is 12.1 Å². The first-order valence-electron chi connectivity index (χ1n) is 15.5. The fourth-order valence-corrected chi connectivity index (χ4v) is 6.44. The standard InChI is InChI=1S/C36H35N5O4/c1-43-36(42)25-11-12-32-33(19-25)41(21-28-15-18-44-28)34(38-32)22-40-16-13-24(14-17-40)31-7-4-8-35(39-31)45-23-27-10-9-26(20-37)29-5-2-3-6-30(27)29/h2-12,19,24,28H,13-18,21-23H2,1H3. The van der Waals surface area contributed by atoms with E-state index in [1.54, 1.807) is 6.07 Å². The number of pyridine rings is 1. The molecule has 2 aliphatic heterocycles. The molecule has 9 nitrogen and oxygen atoms in total. The minimum atomic E-state index is -0.348. The number of benzene rings is 3. The molecular weight excluding hydrogens is 566 g/mol. The molecule has 2 aliphatic rings. The van der Waals surface area contributed by atoms with Crippen LogP contribution in [0.5, 0.6) is 5.88 Å². The van der Waals surface area contributed by atoms with Gasteiger partial charge in [-0.2, -0.15) is 5.26 Å². The number of esters is 1. The lowest BCUT2D eigenvalue weighted by Crippen LogP contribution is -2.35. The van der Waals surface area contributed by atoms with Crippen LogP contribution in [0.4, 0.5) is 0 Å². The lowest BCUT2D eigenvalue weighted by Gasteiger charge is -2.32. The quantitative estimate of drug-likeness (QED) is 0.190. The molecule has 2 aromatic heterocycles. The van der Waals surface area contributed by atoms with Crippen LogP contribution in [0, 0.1) is 11.3 Å². The molecule has 5 aromatic rings. The van der Waals surface area contributed by atoms with Gasteiger partial charge in [0.25, 0.3) is 0 Å². The number of carbonyl (C=O) groups excluding carboxylic acids is 1. The van der Waals surface area contributed by atoms with E-state index in [4.69, 9.17) is 24.2 Å². The number of methoxy groups -OCH3 is 1. The molecule has 2 saturated heterocycles. The predicted octanol–water partition coefficient (Wildman–Crippen LogP) is 5.99. The first-order chi connectivity index (χ1) is 22.1. The van der Waals surface area contributed by atoms with Crippen LogP contribution in [0.2, 0.25) is 0 Å². The minimum Gasteiger partial charge on any atom is -0.473 e. The average Bonchev–Trinajstić information content (AvgIpc) is 3.40. The highest BCUT2D eigenvalue weighted by atomic mass is 16.5. The molecule has 228 valence electrons. The van der Waals surface area contributed by atoms with Crippen LogP contribution in [0.3, 0.4) is 0 Å². The summed E-state index contributed by atoms with van der Waals surface area (Å²) in [6, 6.07) is 25.6. The fourth-order valence-electron chi connectivity index (χ4n) is 6.44. The molecule has 0 N–H and O–H groups in total. The number of rotatable bonds is 9. The van der Waals surface area contributed by atoms with Gasteiger partial charge in [-0.3, -0.25) is 4.90 Å². The molecule has 7 rings (SSSR count). The van der Waals surface area contributed by atoms with Gasteiger partial charge in [0, 0.05) is 24.3 Å². The van der Waals surface area contributed by atoms with Gasteiger partial charge in [0.1, 0.15) is 12.4 Å². The van der Waals surface area contributed by atoms with E-state index in [9.17, 15) is 10.1 Å². The van der Waals surface area contributed by atoms with Crippen molar-refractivity contribution in [3.63, 3.8) is 0 Å². The van der Waals surface area contributed by atoms with Crippen LogP contribution < -0.4 is 4.74 Å². The SMILES string of the molecule is COC(=O)c1ccc2nc(CN3CCC(c4cccc(OCc5ccc(C#N)c6ccccc56)n4)CC3)n(CC3CCO3)c2c1. The van der Waals surface area contributed by atoms with Gasteiger partial charge < -0.3 is 18.8 Å². The van der Waals surface area contributed by atoms with E-state index in [1.165, 1.54) is 7.11 Å². The second-order valence-electron chi connectivity index (χ2n) is 11.8. The van der Waals surface area contributed by atoms with Crippen LogP contribution in [-0.2, 0) is 29.2 Å². The van der Waals surface area contributed by atoms with Crippen LogP contribution >= 0.6 is 0 Å². The van der Waals surface area contributed by atoms with Crippen LogP contribution in [0.15, 0.2) is 72.8 Å². The highest BCUT2D eigenvalue weighted by Crippen LogP contribution is 2.30. The number of hydrogen-bond acceptors (Lipinski definition) is 8. The molecule has 0 bridgehead atoms. The molecule has 45 heavy (non-hydrogen) atoms. The summed E-state index contributed by atoms with van der Waals surface area (Å²) in [5.74, 6) is 1.61. The molecule has 0 saturated carbocycles. The molecule has 3 aromatic carbocycles. The topological polar surface area (TPSA) is 102 Å². The summed E-state index contributed by atoms with van der Waals surface area (Å²) in [5, 5.41) is 11.4. The molecule has 9 heteroatoms. The Bertz CT molecular complexity index is 1900. The normalized spacial score (nSPS) is 17.2. The summed E-state index contributed by atoms with van der Waals surface area (Å²) in [6.45, 7) is 4.50. The van der Waals surface area contributed by atoms with Crippen molar-refractivity contribution in [3.8, 4) is 11.9 Å². The van der Waals surface area contributed by atoms with Gasteiger partial charge >= 0.3 is 5.97 Å². The van der Waals surface area contributed by atoms with Gasteiger partial charge in [0.2, 0.25) is 5.88 Å². The first-order valence-corrected chi connectivity index (χ1v) is 15.5. The van der Waals surface area contributed by atoms with Crippen molar-refractivity contribution in [1.82, 2.24) is 19.4 Å². The zero-order valence-electron chi connectivity index (χ0n) is 25.3. The van der Waals surface area contributed by atoms with E-state index in [1.807, 2.05) is 60.7 Å². The summed E-state index contributed by atoms with van der Waals surface area (Å²) in [7, 11) is 1.40. The maximum Gasteiger partial charge on any atom is 0.337 e. The molecular formula is C36H35N5O4. The van der Waals surface area contributed by atoms with Crippen LogP contribution in [0.1, 0.15) is 58.2 Å². The van der Waals surface area contributed by atoms with Crippen molar-refractivity contribution in [2.24, 2.45) is 0 Å². The van der Waals surface area contributed by atoms with E-state index >= 15 is 0 Å². The molecule has 0 radical (unpaired) electrons. The number of carbonyl (C=O) groups is 1. The highest BCUT2D eigenvalue weighted by Gasteiger charge is 2.26. The van der Waals surface area contributed by atoms with Crippen molar-refractivity contribution >= 4 is 27.8 Å². The number of hydrogen-bond donors (Lipinski definition) is 0. The number of fused-ring (bicyclic) bond motifs is 2. The number of piperidine rings is 1. The van der Waals surface area contributed by atoms with Crippen molar-refractivity contribution in [2.45, 2.75) is 51.0 Å². The Labute approximate surface area is 262 Å². The number of aromatic nitrogens is 3. The molecule has 0 spiro atoms. The Kier molecular flexibility index (Phi) is 8.16. The molecule has 1 atom stereocenters. The molecule has 1 unspecified atom stereocenters. The van der Waals surface area contributed by atoms with E-state index in [0.717, 1.165) is 90.9 Å². The third kappa shape index (κ3) is 5.99. The van der Waals surface area contributed by atoms with Crippen molar-refractivity contribution in [1.29, 1.82) is 5.26 Å². The lowest BCUT2D eigenvalue weighted by molar-refractivity contribution is -0.0592. The van der Waals surface area contributed by atoms with Gasteiger partial charge in [-0.25, -0.2) is 14.8 Å². The number of imidazole rings is 1. The predicted molar refractivity (Wildman–Crippen MR) is 170 cm³/mol. The number of nitrogens with zero attached hydrogens (tertiary/aromatic N) is 5. The Morgan fingerprint density at radius 3 is 2.58 bits per heavy atom.